The Morgan fingerprint density at radius 2 is 1.95 bits per heavy atom. The lowest BCUT2D eigenvalue weighted by Gasteiger charge is -2.34. The van der Waals surface area contributed by atoms with E-state index in [0.29, 0.717) is 23.0 Å². The van der Waals surface area contributed by atoms with E-state index in [0.717, 1.165) is 6.42 Å². The fraction of sp³-hybridized carbons (Fsp3) is 0.500. The highest BCUT2D eigenvalue weighted by Crippen LogP contribution is 2.29. The lowest BCUT2D eigenvalue weighted by molar-refractivity contribution is 0.0891. The van der Waals surface area contributed by atoms with Crippen LogP contribution in [0.5, 0.6) is 0 Å². The molecule has 3 nitrogen and oxygen atoms in total. The topological polar surface area (TPSA) is 52.9 Å². The largest absolute Gasteiger partial charge is 0.349 e. The highest BCUT2D eigenvalue weighted by Gasteiger charge is 2.28. The van der Waals surface area contributed by atoms with Crippen molar-refractivity contribution >= 4 is 5.91 Å². The van der Waals surface area contributed by atoms with Crippen molar-refractivity contribution in [2.75, 3.05) is 0 Å². The fourth-order valence-electron chi connectivity index (χ4n) is 2.73. The molecule has 1 aliphatic rings. The zero-order valence-electron chi connectivity index (χ0n) is 11.5. The predicted octanol–water partition coefficient (Wildman–Crippen LogP) is 3.11. The Balaban J connectivity index is 2.02. The molecule has 0 saturated heterocycles. The van der Waals surface area contributed by atoms with Gasteiger partial charge < -0.3 is 5.32 Å². The predicted molar refractivity (Wildman–Crippen MR) is 74.6 cm³/mol. The highest BCUT2D eigenvalue weighted by molar-refractivity contribution is 5.94. The average molecular weight is 256 g/mol. The maximum absolute atomic E-state index is 12.2. The Morgan fingerprint density at radius 1 is 1.26 bits per heavy atom. The Hall–Kier alpha value is -1.82. The monoisotopic (exact) mass is 256 g/mol. The van der Waals surface area contributed by atoms with Crippen LogP contribution in [0.4, 0.5) is 0 Å². The Bertz CT molecular complexity index is 486. The molecule has 0 unspecified atom stereocenters. The SMILES string of the molecule is C[C@@H]1[C@H](C)CCC[C@@H]1NC(=O)c1ccc(C#N)cc1. The van der Waals surface area contributed by atoms with Gasteiger partial charge in [-0.3, -0.25) is 4.79 Å². The molecule has 0 aromatic heterocycles. The smallest absolute Gasteiger partial charge is 0.251 e. The molecule has 1 fully saturated rings. The lowest BCUT2D eigenvalue weighted by atomic mass is 9.78. The van der Waals surface area contributed by atoms with Gasteiger partial charge in [0.1, 0.15) is 0 Å². The maximum atomic E-state index is 12.2. The van der Waals surface area contributed by atoms with E-state index in [4.69, 9.17) is 5.26 Å². The van der Waals surface area contributed by atoms with Crippen LogP contribution >= 0.6 is 0 Å². The first-order chi connectivity index (χ1) is 9.11. The van der Waals surface area contributed by atoms with E-state index in [1.165, 1.54) is 12.8 Å². The quantitative estimate of drug-likeness (QED) is 0.884. The second kappa shape index (κ2) is 5.88. The molecule has 0 aliphatic heterocycles. The molecule has 1 N–H and O–H groups in total. The molecule has 1 aromatic rings. The summed E-state index contributed by atoms with van der Waals surface area (Å²) in [4.78, 5) is 12.2. The summed E-state index contributed by atoms with van der Waals surface area (Å²) in [6.45, 7) is 4.47. The van der Waals surface area contributed by atoms with Crippen molar-refractivity contribution in [3.05, 3.63) is 35.4 Å². The van der Waals surface area contributed by atoms with Crippen LogP contribution in [-0.2, 0) is 0 Å². The summed E-state index contributed by atoms with van der Waals surface area (Å²) in [5.74, 6) is 1.16. The Labute approximate surface area is 114 Å². The summed E-state index contributed by atoms with van der Waals surface area (Å²) < 4.78 is 0. The van der Waals surface area contributed by atoms with E-state index in [1.807, 2.05) is 0 Å². The summed E-state index contributed by atoms with van der Waals surface area (Å²) in [7, 11) is 0. The summed E-state index contributed by atoms with van der Waals surface area (Å²) in [5, 5.41) is 11.9. The molecule has 1 aliphatic carbocycles. The number of nitrogens with one attached hydrogen (secondary N) is 1. The van der Waals surface area contributed by atoms with Gasteiger partial charge in [0.15, 0.2) is 0 Å². The summed E-state index contributed by atoms with van der Waals surface area (Å²) in [6, 6.07) is 9.12. The number of hydrogen-bond donors (Lipinski definition) is 1. The van der Waals surface area contributed by atoms with Crippen molar-refractivity contribution in [2.24, 2.45) is 11.8 Å². The van der Waals surface area contributed by atoms with Crippen LogP contribution in [0.1, 0.15) is 49.0 Å². The van der Waals surface area contributed by atoms with Crippen LogP contribution in [0.15, 0.2) is 24.3 Å². The first kappa shape index (κ1) is 13.6. The first-order valence-electron chi connectivity index (χ1n) is 6.93. The zero-order valence-corrected chi connectivity index (χ0v) is 11.5. The molecule has 0 radical (unpaired) electrons. The number of nitriles is 1. The zero-order chi connectivity index (χ0) is 13.8. The van der Waals surface area contributed by atoms with Crippen LogP contribution in [0.25, 0.3) is 0 Å². The number of amides is 1. The van der Waals surface area contributed by atoms with Gasteiger partial charge in [0.2, 0.25) is 0 Å². The number of nitrogens with zero attached hydrogens (tertiary/aromatic N) is 1. The molecule has 0 heterocycles. The normalized spacial score (nSPS) is 26.5. The van der Waals surface area contributed by atoms with Crippen molar-refractivity contribution in [2.45, 2.75) is 39.2 Å². The van der Waals surface area contributed by atoms with E-state index < -0.39 is 0 Å². The minimum atomic E-state index is -0.0320. The standard InChI is InChI=1S/C16H20N2O/c1-11-4-3-5-15(12(11)2)18-16(19)14-8-6-13(10-17)7-9-14/h6-9,11-12,15H,3-5H2,1-2H3,(H,18,19)/t11-,12-,15+/m1/s1. The lowest BCUT2D eigenvalue weighted by Crippen LogP contribution is -2.43. The minimum absolute atomic E-state index is 0.0320. The molecule has 100 valence electrons. The van der Waals surface area contributed by atoms with Crippen molar-refractivity contribution in [1.29, 1.82) is 5.26 Å². The molecule has 1 aromatic carbocycles. The minimum Gasteiger partial charge on any atom is -0.349 e. The van der Waals surface area contributed by atoms with E-state index in [1.54, 1.807) is 24.3 Å². The van der Waals surface area contributed by atoms with Crippen LogP contribution in [0.2, 0.25) is 0 Å². The van der Waals surface area contributed by atoms with E-state index in [-0.39, 0.29) is 11.9 Å². The third kappa shape index (κ3) is 3.14. The summed E-state index contributed by atoms with van der Waals surface area (Å²) >= 11 is 0. The van der Waals surface area contributed by atoms with Gasteiger partial charge in [0, 0.05) is 11.6 Å². The van der Waals surface area contributed by atoms with Crippen molar-refractivity contribution < 1.29 is 4.79 Å². The first-order valence-corrected chi connectivity index (χ1v) is 6.93. The fourth-order valence-corrected chi connectivity index (χ4v) is 2.73. The van der Waals surface area contributed by atoms with Gasteiger partial charge in [-0.1, -0.05) is 26.7 Å². The van der Waals surface area contributed by atoms with Crippen LogP contribution in [-0.4, -0.2) is 11.9 Å². The van der Waals surface area contributed by atoms with Gasteiger partial charge in [0.05, 0.1) is 11.6 Å². The number of rotatable bonds is 2. The molecule has 0 bridgehead atoms. The van der Waals surface area contributed by atoms with E-state index in [9.17, 15) is 4.79 Å². The van der Waals surface area contributed by atoms with Gasteiger partial charge in [-0.05, 0) is 42.5 Å². The number of carbonyl (C=O) groups is 1. The van der Waals surface area contributed by atoms with Gasteiger partial charge in [-0.25, -0.2) is 0 Å². The number of benzene rings is 1. The van der Waals surface area contributed by atoms with Crippen molar-refractivity contribution in [1.82, 2.24) is 5.32 Å². The van der Waals surface area contributed by atoms with Crippen molar-refractivity contribution in [3.8, 4) is 6.07 Å². The van der Waals surface area contributed by atoms with Crippen LogP contribution in [0, 0.1) is 23.2 Å². The van der Waals surface area contributed by atoms with Gasteiger partial charge in [-0.2, -0.15) is 5.26 Å². The molecule has 1 saturated carbocycles. The Kier molecular flexibility index (Phi) is 4.21. The highest BCUT2D eigenvalue weighted by atomic mass is 16.1. The molecule has 3 heteroatoms. The van der Waals surface area contributed by atoms with Gasteiger partial charge in [-0.15, -0.1) is 0 Å². The Morgan fingerprint density at radius 3 is 2.58 bits per heavy atom. The molecule has 19 heavy (non-hydrogen) atoms. The summed E-state index contributed by atoms with van der Waals surface area (Å²) in [6.07, 6.45) is 3.50. The van der Waals surface area contributed by atoms with Crippen molar-refractivity contribution in [3.63, 3.8) is 0 Å². The van der Waals surface area contributed by atoms with Gasteiger partial charge in [0.25, 0.3) is 5.91 Å². The third-order valence-corrected chi connectivity index (χ3v) is 4.30. The van der Waals surface area contributed by atoms with E-state index >= 15 is 0 Å². The van der Waals surface area contributed by atoms with E-state index in [2.05, 4.69) is 25.2 Å². The molecule has 1 amide bonds. The summed E-state index contributed by atoms with van der Waals surface area (Å²) in [5.41, 5.74) is 1.21. The molecular weight excluding hydrogens is 236 g/mol. The molecule has 3 atom stereocenters. The molecule has 0 spiro atoms. The second-order valence-electron chi connectivity index (χ2n) is 5.54. The molecule has 2 rings (SSSR count). The number of hydrogen-bond acceptors (Lipinski definition) is 2. The average Bonchev–Trinajstić information content (AvgIpc) is 2.44. The second-order valence-corrected chi connectivity index (χ2v) is 5.54. The molecular formula is C16H20N2O. The number of carbonyl (C=O) groups excluding carboxylic acids is 1. The van der Waals surface area contributed by atoms with Gasteiger partial charge >= 0.3 is 0 Å². The third-order valence-electron chi connectivity index (χ3n) is 4.30. The maximum Gasteiger partial charge on any atom is 0.251 e. The van der Waals surface area contributed by atoms with Crippen LogP contribution in [0.3, 0.4) is 0 Å². The van der Waals surface area contributed by atoms with Crippen LogP contribution < -0.4 is 5.32 Å².